The van der Waals surface area contributed by atoms with Crippen LogP contribution in [-0.2, 0) is 0 Å². The molecule has 0 unspecified atom stereocenters. The third-order valence-electron chi connectivity index (χ3n) is 2.68. The van der Waals surface area contributed by atoms with Gasteiger partial charge in [0, 0.05) is 11.1 Å². The first-order chi connectivity index (χ1) is 7.63. The van der Waals surface area contributed by atoms with Crippen LogP contribution in [0.2, 0.25) is 5.02 Å². The first-order valence-electron chi connectivity index (χ1n) is 5.16. The molecule has 1 heterocycles. The number of aliphatic hydroxyl groups is 1. The van der Waals surface area contributed by atoms with Crippen LogP contribution in [0.15, 0.2) is 12.1 Å². The molecule has 3 N–H and O–H groups in total. The Kier molecular flexibility index (Phi) is 3.23. The zero-order valence-electron chi connectivity index (χ0n) is 8.94. The molecule has 0 aliphatic carbocycles. The van der Waals surface area contributed by atoms with Crippen molar-refractivity contribution in [2.75, 3.05) is 6.79 Å². The highest BCUT2D eigenvalue weighted by Crippen LogP contribution is 2.39. The molecule has 1 aromatic carbocycles. The van der Waals surface area contributed by atoms with E-state index in [0.29, 0.717) is 28.5 Å². The van der Waals surface area contributed by atoms with E-state index in [1.165, 1.54) is 0 Å². The number of benzene rings is 1. The van der Waals surface area contributed by atoms with Crippen LogP contribution in [0.5, 0.6) is 11.5 Å². The lowest BCUT2D eigenvalue weighted by Crippen LogP contribution is -2.25. The van der Waals surface area contributed by atoms with Crippen LogP contribution in [-0.4, -0.2) is 18.0 Å². The molecule has 5 heteroatoms. The number of halogens is 1. The van der Waals surface area contributed by atoms with Gasteiger partial charge >= 0.3 is 0 Å². The Morgan fingerprint density at radius 3 is 2.69 bits per heavy atom. The molecule has 1 aliphatic heterocycles. The minimum atomic E-state index is -0.613. The monoisotopic (exact) mass is 243 g/mol. The molecule has 0 aromatic heterocycles. The summed E-state index contributed by atoms with van der Waals surface area (Å²) >= 11 is 6.08. The molecule has 0 saturated carbocycles. The molecule has 16 heavy (non-hydrogen) atoms. The minimum absolute atomic E-state index is 0.195. The highest BCUT2D eigenvalue weighted by molar-refractivity contribution is 6.31. The quantitative estimate of drug-likeness (QED) is 0.850. The molecule has 2 rings (SSSR count). The van der Waals surface area contributed by atoms with Gasteiger partial charge in [-0.15, -0.1) is 0 Å². The van der Waals surface area contributed by atoms with Crippen LogP contribution >= 0.6 is 11.6 Å². The molecule has 2 atom stereocenters. The van der Waals surface area contributed by atoms with E-state index < -0.39 is 12.1 Å². The smallest absolute Gasteiger partial charge is 0.231 e. The van der Waals surface area contributed by atoms with E-state index in [1.807, 2.05) is 6.92 Å². The van der Waals surface area contributed by atoms with Crippen LogP contribution in [0, 0.1) is 0 Å². The number of aliphatic hydroxyl groups excluding tert-OH is 1. The fourth-order valence-electron chi connectivity index (χ4n) is 1.65. The maximum Gasteiger partial charge on any atom is 0.231 e. The van der Waals surface area contributed by atoms with Crippen LogP contribution in [0.4, 0.5) is 0 Å². The second kappa shape index (κ2) is 4.49. The number of fused-ring (bicyclic) bond motifs is 1. The molecule has 88 valence electrons. The van der Waals surface area contributed by atoms with Crippen LogP contribution < -0.4 is 15.2 Å². The third kappa shape index (κ3) is 1.96. The largest absolute Gasteiger partial charge is 0.454 e. The van der Waals surface area contributed by atoms with E-state index in [0.717, 1.165) is 0 Å². The van der Waals surface area contributed by atoms with Gasteiger partial charge in [0.2, 0.25) is 6.79 Å². The van der Waals surface area contributed by atoms with E-state index in [1.54, 1.807) is 12.1 Å². The van der Waals surface area contributed by atoms with Crippen LogP contribution in [0.1, 0.15) is 24.9 Å². The van der Waals surface area contributed by atoms with E-state index in [4.69, 9.17) is 26.8 Å². The zero-order valence-corrected chi connectivity index (χ0v) is 9.70. The number of hydrogen-bond donors (Lipinski definition) is 2. The summed E-state index contributed by atoms with van der Waals surface area (Å²) in [5.41, 5.74) is 6.59. The number of hydrogen-bond acceptors (Lipinski definition) is 4. The minimum Gasteiger partial charge on any atom is -0.454 e. The van der Waals surface area contributed by atoms with Gasteiger partial charge in [-0.25, -0.2) is 0 Å². The summed E-state index contributed by atoms with van der Waals surface area (Å²) in [6.45, 7) is 2.06. The molecule has 0 bridgehead atoms. The van der Waals surface area contributed by atoms with Gasteiger partial charge in [0.1, 0.15) is 0 Å². The standard InChI is InChI=1S/C11H14ClNO3/c1-2-8(14)11(13)6-3-9-10(4-7(6)12)16-5-15-9/h3-4,8,11,14H,2,5,13H2,1H3/t8-,11+/m0/s1. The summed E-state index contributed by atoms with van der Waals surface area (Å²) in [4.78, 5) is 0. The lowest BCUT2D eigenvalue weighted by Gasteiger charge is -2.19. The second-order valence-electron chi connectivity index (χ2n) is 3.73. The van der Waals surface area contributed by atoms with Gasteiger partial charge < -0.3 is 20.3 Å². The maximum absolute atomic E-state index is 9.70. The highest BCUT2D eigenvalue weighted by Gasteiger charge is 2.22. The highest BCUT2D eigenvalue weighted by atomic mass is 35.5. The van der Waals surface area contributed by atoms with E-state index >= 15 is 0 Å². The van der Waals surface area contributed by atoms with Gasteiger partial charge in [-0.05, 0) is 18.1 Å². The average molecular weight is 244 g/mol. The summed E-state index contributed by atoms with van der Waals surface area (Å²) < 4.78 is 10.4. The van der Waals surface area contributed by atoms with Gasteiger partial charge in [-0.3, -0.25) is 0 Å². The molecule has 0 amide bonds. The molecule has 1 aromatic rings. The molecule has 0 fully saturated rings. The molecule has 0 radical (unpaired) electrons. The Balaban J connectivity index is 2.34. The molecular weight excluding hydrogens is 230 g/mol. The van der Waals surface area contributed by atoms with Gasteiger partial charge in [0.05, 0.1) is 12.1 Å². The van der Waals surface area contributed by atoms with Crippen molar-refractivity contribution in [3.8, 4) is 11.5 Å². The Morgan fingerprint density at radius 1 is 1.44 bits per heavy atom. The van der Waals surface area contributed by atoms with Crippen molar-refractivity contribution < 1.29 is 14.6 Å². The number of rotatable bonds is 3. The fourth-order valence-corrected chi connectivity index (χ4v) is 1.93. The summed E-state index contributed by atoms with van der Waals surface area (Å²) in [7, 11) is 0. The Bertz CT molecular complexity index is 397. The van der Waals surface area contributed by atoms with Crippen LogP contribution in [0.3, 0.4) is 0 Å². The molecule has 1 aliphatic rings. The van der Waals surface area contributed by atoms with Crippen molar-refractivity contribution in [2.45, 2.75) is 25.5 Å². The molecule has 4 nitrogen and oxygen atoms in total. The van der Waals surface area contributed by atoms with Crippen molar-refractivity contribution in [3.05, 3.63) is 22.7 Å². The van der Waals surface area contributed by atoms with Gasteiger partial charge in [-0.1, -0.05) is 18.5 Å². The van der Waals surface area contributed by atoms with E-state index in [2.05, 4.69) is 0 Å². The Hall–Kier alpha value is -0.970. The van der Waals surface area contributed by atoms with E-state index in [9.17, 15) is 5.11 Å². The number of nitrogens with two attached hydrogens (primary N) is 1. The second-order valence-corrected chi connectivity index (χ2v) is 4.14. The van der Waals surface area contributed by atoms with Gasteiger partial charge in [-0.2, -0.15) is 0 Å². The Morgan fingerprint density at radius 2 is 2.06 bits per heavy atom. The lowest BCUT2D eigenvalue weighted by atomic mass is 10.00. The first kappa shape index (κ1) is 11.5. The molecule has 0 saturated heterocycles. The molecule has 0 spiro atoms. The topological polar surface area (TPSA) is 64.7 Å². The van der Waals surface area contributed by atoms with E-state index in [-0.39, 0.29) is 6.79 Å². The summed E-state index contributed by atoms with van der Waals surface area (Å²) in [6, 6.07) is 2.89. The number of ether oxygens (including phenoxy) is 2. The first-order valence-corrected chi connectivity index (χ1v) is 5.54. The summed E-state index contributed by atoms with van der Waals surface area (Å²) in [5.74, 6) is 1.24. The third-order valence-corrected chi connectivity index (χ3v) is 3.01. The summed E-state index contributed by atoms with van der Waals surface area (Å²) in [6.07, 6.45) is -0.0377. The van der Waals surface area contributed by atoms with Gasteiger partial charge in [0.25, 0.3) is 0 Å². The SMILES string of the molecule is CC[C@H](O)[C@H](N)c1cc2c(cc1Cl)OCO2. The predicted molar refractivity (Wildman–Crippen MR) is 60.8 cm³/mol. The van der Waals surface area contributed by atoms with Crippen molar-refractivity contribution in [1.29, 1.82) is 0 Å². The lowest BCUT2D eigenvalue weighted by molar-refractivity contribution is 0.140. The van der Waals surface area contributed by atoms with Crippen LogP contribution in [0.25, 0.3) is 0 Å². The van der Waals surface area contributed by atoms with Crippen molar-refractivity contribution in [3.63, 3.8) is 0 Å². The predicted octanol–water partition coefficient (Wildman–Crippen LogP) is 1.84. The van der Waals surface area contributed by atoms with Crippen molar-refractivity contribution in [1.82, 2.24) is 0 Å². The zero-order chi connectivity index (χ0) is 11.7. The summed E-state index contributed by atoms with van der Waals surface area (Å²) in [5, 5.41) is 10.2. The molecular formula is C11H14ClNO3. The fraction of sp³-hybridized carbons (Fsp3) is 0.455. The maximum atomic E-state index is 9.70. The Labute approximate surface area is 98.9 Å². The van der Waals surface area contributed by atoms with Crippen molar-refractivity contribution in [2.24, 2.45) is 5.73 Å². The normalized spacial score (nSPS) is 17.2. The van der Waals surface area contributed by atoms with Gasteiger partial charge in [0.15, 0.2) is 11.5 Å². The average Bonchev–Trinajstić information content (AvgIpc) is 2.72. The van der Waals surface area contributed by atoms with Crippen molar-refractivity contribution >= 4 is 11.6 Å².